The number of aliphatic hydroxyl groups is 1. The number of amides is 1. The first-order chi connectivity index (χ1) is 16.5. The van der Waals surface area contributed by atoms with E-state index in [1.807, 2.05) is 31.6 Å². The first kappa shape index (κ1) is 24.7. The molecule has 10 nitrogen and oxygen atoms in total. The zero-order chi connectivity index (χ0) is 23.7. The Balaban J connectivity index is 0.00000289. The number of aromatic nitrogens is 6. The van der Waals surface area contributed by atoms with Gasteiger partial charge in [0.15, 0.2) is 11.5 Å². The predicted octanol–water partition coefficient (Wildman–Crippen LogP) is 2.96. The highest BCUT2D eigenvalue weighted by Gasteiger charge is 2.20. The molecule has 0 unspecified atom stereocenters. The SMILES string of the molecule is C[C@H](O)Cn1cc(-c2cccc(C(=O)Nc3cc4cn(C)nc4nc3N3CCCCC3)n2)cn1.S. The standard InChI is InChI=1S/C24H28N8O2.H2S/c1-16(33)13-32-15-18(12-25-32)19-7-6-8-20(26-19)24(34)27-21-11-17-14-30(2)29-22(17)28-23(21)31-9-4-3-5-10-31;/h6-8,11-12,14-16,33H,3-5,9-10,13H2,1-2H3,(H,27,34);1H2/t16-;/m0./s1. The third-order valence-electron chi connectivity index (χ3n) is 5.85. The number of fused-ring (bicyclic) bond motifs is 1. The van der Waals surface area contributed by atoms with E-state index in [1.165, 1.54) is 6.42 Å². The molecule has 4 aromatic heterocycles. The van der Waals surface area contributed by atoms with Crippen molar-refractivity contribution in [2.75, 3.05) is 23.3 Å². The van der Waals surface area contributed by atoms with Gasteiger partial charge in [0.25, 0.3) is 5.91 Å². The summed E-state index contributed by atoms with van der Waals surface area (Å²) >= 11 is 0. The topological polar surface area (TPSA) is 114 Å². The van der Waals surface area contributed by atoms with E-state index in [2.05, 4.69) is 25.4 Å². The van der Waals surface area contributed by atoms with Crippen molar-refractivity contribution in [1.82, 2.24) is 29.5 Å². The minimum atomic E-state index is -0.502. The molecule has 1 atom stereocenters. The van der Waals surface area contributed by atoms with Crippen molar-refractivity contribution in [3.8, 4) is 11.3 Å². The van der Waals surface area contributed by atoms with Crippen molar-refractivity contribution in [2.24, 2.45) is 7.05 Å². The van der Waals surface area contributed by atoms with Crippen LogP contribution in [0.5, 0.6) is 0 Å². The second-order valence-corrected chi connectivity index (χ2v) is 8.79. The molecule has 1 fully saturated rings. The van der Waals surface area contributed by atoms with E-state index >= 15 is 0 Å². The van der Waals surface area contributed by atoms with Crippen LogP contribution in [0, 0.1) is 0 Å². The fourth-order valence-electron chi connectivity index (χ4n) is 4.28. The fraction of sp³-hybridized carbons (Fsp3) is 0.375. The molecule has 1 aliphatic rings. The van der Waals surface area contributed by atoms with Crippen LogP contribution >= 0.6 is 13.5 Å². The van der Waals surface area contributed by atoms with Crippen LogP contribution in [0.25, 0.3) is 22.3 Å². The average molecular weight is 495 g/mol. The highest BCUT2D eigenvalue weighted by Crippen LogP contribution is 2.30. The van der Waals surface area contributed by atoms with Crippen molar-refractivity contribution >= 4 is 41.9 Å². The number of carbonyl (C=O) groups is 1. The van der Waals surface area contributed by atoms with Gasteiger partial charge < -0.3 is 15.3 Å². The molecule has 5 heterocycles. The minimum absolute atomic E-state index is 0. The predicted molar refractivity (Wildman–Crippen MR) is 140 cm³/mol. The summed E-state index contributed by atoms with van der Waals surface area (Å²) in [5.41, 5.74) is 3.04. The smallest absolute Gasteiger partial charge is 0.274 e. The molecule has 184 valence electrons. The van der Waals surface area contributed by atoms with E-state index in [9.17, 15) is 9.90 Å². The number of rotatable bonds is 6. The van der Waals surface area contributed by atoms with Crippen LogP contribution in [0.2, 0.25) is 0 Å². The summed E-state index contributed by atoms with van der Waals surface area (Å²) < 4.78 is 3.39. The molecule has 35 heavy (non-hydrogen) atoms. The van der Waals surface area contributed by atoms with Crippen LogP contribution in [0.3, 0.4) is 0 Å². The molecule has 1 saturated heterocycles. The normalized spacial score (nSPS) is 14.5. The maximum absolute atomic E-state index is 13.2. The number of aliphatic hydroxyl groups excluding tert-OH is 1. The summed E-state index contributed by atoms with van der Waals surface area (Å²) in [6, 6.07) is 7.26. The Labute approximate surface area is 210 Å². The molecule has 4 aromatic rings. The molecule has 5 rings (SSSR count). The van der Waals surface area contributed by atoms with Crippen molar-refractivity contribution in [2.45, 2.75) is 38.8 Å². The van der Waals surface area contributed by atoms with Gasteiger partial charge in [-0.25, -0.2) is 9.97 Å². The third-order valence-corrected chi connectivity index (χ3v) is 5.85. The Morgan fingerprint density at radius 3 is 2.74 bits per heavy atom. The van der Waals surface area contributed by atoms with Gasteiger partial charge in [-0.2, -0.15) is 23.7 Å². The number of hydrogen-bond acceptors (Lipinski definition) is 7. The van der Waals surface area contributed by atoms with E-state index in [-0.39, 0.29) is 19.4 Å². The molecule has 0 aromatic carbocycles. The van der Waals surface area contributed by atoms with Crippen molar-refractivity contribution in [3.63, 3.8) is 0 Å². The molecule has 2 N–H and O–H groups in total. The molecule has 0 radical (unpaired) electrons. The molecule has 0 bridgehead atoms. The van der Waals surface area contributed by atoms with Gasteiger partial charge in [-0.05, 0) is 44.4 Å². The van der Waals surface area contributed by atoms with Gasteiger partial charge >= 0.3 is 0 Å². The second kappa shape index (κ2) is 10.4. The van der Waals surface area contributed by atoms with Crippen molar-refractivity contribution < 1.29 is 9.90 Å². The van der Waals surface area contributed by atoms with Crippen LogP contribution in [-0.4, -0.2) is 59.7 Å². The number of piperidine rings is 1. The molecule has 1 aliphatic heterocycles. The fourth-order valence-corrected chi connectivity index (χ4v) is 4.28. The number of nitrogens with zero attached hydrogens (tertiary/aromatic N) is 7. The summed E-state index contributed by atoms with van der Waals surface area (Å²) in [6.45, 7) is 3.90. The minimum Gasteiger partial charge on any atom is -0.391 e. The summed E-state index contributed by atoms with van der Waals surface area (Å²) in [4.78, 5) is 24.8. The molecule has 11 heteroatoms. The second-order valence-electron chi connectivity index (χ2n) is 8.79. The van der Waals surface area contributed by atoms with Crippen molar-refractivity contribution in [1.29, 1.82) is 0 Å². The monoisotopic (exact) mass is 494 g/mol. The van der Waals surface area contributed by atoms with E-state index in [1.54, 1.807) is 34.6 Å². The Bertz CT molecular complexity index is 1330. The summed E-state index contributed by atoms with van der Waals surface area (Å²) in [5.74, 6) is 0.441. The number of aryl methyl sites for hydroxylation is 1. The molecule has 0 saturated carbocycles. The van der Waals surface area contributed by atoms with Crippen LogP contribution < -0.4 is 10.2 Å². The highest BCUT2D eigenvalue weighted by molar-refractivity contribution is 7.59. The van der Waals surface area contributed by atoms with Gasteiger partial charge in [0.05, 0.1) is 30.2 Å². The third kappa shape index (κ3) is 5.46. The van der Waals surface area contributed by atoms with Gasteiger partial charge in [-0.3, -0.25) is 14.2 Å². The van der Waals surface area contributed by atoms with Gasteiger partial charge in [0.2, 0.25) is 0 Å². The number of anilines is 2. The maximum Gasteiger partial charge on any atom is 0.274 e. The van der Waals surface area contributed by atoms with Crippen LogP contribution in [0.1, 0.15) is 36.7 Å². The van der Waals surface area contributed by atoms with Crippen LogP contribution in [0.4, 0.5) is 11.5 Å². The summed E-state index contributed by atoms with van der Waals surface area (Å²) in [5, 5.41) is 22.2. The lowest BCUT2D eigenvalue weighted by atomic mass is 10.1. The maximum atomic E-state index is 13.2. The van der Waals surface area contributed by atoms with Gasteiger partial charge in [-0.1, -0.05) is 6.07 Å². The average Bonchev–Trinajstić information content (AvgIpc) is 3.44. The summed E-state index contributed by atoms with van der Waals surface area (Å²) in [7, 11) is 1.86. The zero-order valence-electron chi connectivity index (χ0n) is 19.8. The molecule has 0 aliphatic carbocycles. The number of nitrogens with one attached hydrogen (secondary N) is 1. The first-order valence-electron chi connectivity index (χ1n) is 11.5. The Hall–Kier alpha value is -3.44. The highest BCUT2D eigenvalue weighted by atomic mass is 32.1. The number of hydrogen-bond donors (Lipinski definition) is 2. The lowest BCUT2D eigenvalue weighted by Crippen LogP contribution is -2.31. The Morgan fingerprint density at radius 1 is 1.17 bits per heavy atom. The molecule has 1 amide bonds. The van der Waals surface area contributed by atoms with Crippen LogP contribution in [0.15, 0.2) is 42.9 Å². The van der Waals surface area contributed by atoms with Gasteiger partial charge in [-0.15, -0.1) is 0 Å². The van der Waals surface area contributed by atoms with Crippen LogP contribution in [-0.2, 0) is 13.6 Å². The molecular formula is C24H30N8O2S. The van der Waals surface area contributed by atoms with Gasteiger partial charge in [0.1, 0.15) is 5.69 Å². The Kier molecular flexibility index (Phi) is 7.37. The van der Waals surface area contributed by atoms with E-state index < -0.39 is 6.10 Å². The largest absolute Gasteiger partial charge is 0.391 e. The lowest BCUT2D eigenvalue weighted by molar-refractivity contribution is 0.102. The first-order valence-corrected chi connectivity index (χ1v) is 11.5. The van der Waals surface area contributed by atoms with Crippen molar-refractivity contribution in [3.05, 3.63) is 48.5 Å². The molecule has 0 spiro atoms. The van der Waals surface area contributed by atoms with E-state index in [0.717, 1.165) is 42.7 Å². The zero-order valence-corrected chi connectivity index (χ0v) is 20.8. The quantitative estimate of drug-likeness (QED) is 0.424. The number of carbonyl (C=O) groups excluding carboxylic acids is 1. The lowest BCUT2D eigenvalue weighted by Gasteiger charge is -2.29. The Morgan fingerprint density at radius 2 is 1.97 bits per heavy atom. The molecular weight excluding hydrogens is 464 g/mol. The summed E-state index contributed by atoms with van der Waals surface area (Å²) in [6.07, 6.45) is 8.28. The number of pyridine rings is 2. The van der Waals surface area contributed by atoms with E-state index in [0.29, 0.717) is 29.3 Å². The van der Waals surface area contributed by atoms with Gasteiger partial charge in [0, 0.05) is 43.5 Å². The van der Waals surface area contributed by atoms with E-state index in [4.69, 9.17) is 4.98 Å².